The number of nitrogens with one attached hydrogen (secondary N) is 1. The van der Waals surface area contributed by atoms with Gasteiger partial charge in [0.1, 0.15) is 5.69 Å². The normalized spacial score (nSPS) is 10.7. The summed E-state index contributed by atoms with van der Waals surface area (Å²) in [5.41, 5.74) is 1.92. The number of nitro groups is 1. The highest BCUT2D eigenvalue weighted by Crippen LogP contribution is 2.32. The van der Waals surface area contributed by atoms with E-state index in [-0.39, 0.29) is 10.6 Å². The van der Waals surface area contributed by atoms with Crippen LogP contribution in [0.5, 0.6) is 0 Å². The van der Waals surface area contributed by atoms with Gasteiger partial charge in [0.25, 0.3) is 0 Å². The lowest BCUT2D eigenvalue weighted by Crippen LogP contribution is -2.04. The Morgan fingerprint density at radius 1 is 1.33 bits per heavy atom. The van der Waals surface area contributed by atoms with Crippen LogP contribution in [0.1, 0.15) is 5.69 Å². The van der Waals surface area contributed by atoms with E-state index in [1.807, 2.05) is 19.3 Å². The fraction of sp³-hybridized carbons (Fsp3) is 0.143. The van der Waals surface area contributed by atoms with E-state index < -0.39 is 0 Å². The number of fused-ring (bicyclic) bond motifs is 1. The number of benzene rings is 1. The van der Waals surface area contributed by atoms with E-state index in [9.17, 15) is 10.1 Å². The SMILES string of the molecule is Cn1ccc(CNc2ccc3ncccc3c2[N+](=O)[O-])n1. The molecule has 7 heteroatoms. The fourth-order valence-electron chi connectivity index (χ4n) is 2.22. The standard InChI is InChI=1S/C14H13N5O2/c1-18-8-6-10(17-18)9-16-13-5-4-12-11(3-2-7-15-12)14(13)19(20)21/h2-8,16H,9H2,1H3. The van der Waals surface area contributed by atoms with E-state index in [2.05, 4.69) is 15.4 Å². The second-order valence-corrected chi connectivity index (χ2v) is 4.62. The van der Waals surface area contributed by atoms with Gasteiger partial charge in [-0.05, 0) is 30.3 Å². The molecule has 3 aromatic rings. The summed E-state index contributed by atoms with van der Waals surface area (Å²) >= 11 is 0. The molecule has 1 N–H and O–H groups in total. The van der Waals surface area contributed by atoms with Gasteiger partial charge >= 0.3 is 5.69 Å². The third kappa shape index (κ3) is 2.53. The first-order valence-corrected chi connectivity index (χ1v) is 6.39. The molecule has 0 aliphatic rings. The van der Waals surface area contributed by atoms with Crippen molar-refractivity contribution >= 4 is 22.3 Å². The molecule has 0 unspecified atom stereocenters. The van der Waals surface area contributed by atoms with E-state index in [0.717, 1.165) is 5.69 Å². The van der Waals surface area contributed by atoms with Crippen molar-refractivity contribution in [3.8, 4) is 0 Å². The molecule has 2 aromatic heterocycles. The Balaban J connectivity index is 1.97. The van der Waals surface area contributed by atoms with Crippen LogP contribution in [-0.4, -0.2) is 19.7 Å². The molecule has 0 atom stereocenters. The Kier molecular flexibility index (Phi) is 3.23. The van der Waals surface area contributed by atoms with Crippen molar-refractivity contribution in [1.29, 1.82) is 0 Å². The largest absolute Gasteiger partial charge is 0.374 e. The summed E-state index contributed by atoms with van der Waals surface area (Å²) in [4.78, 5) is 15.1. The predicted octanol–water partition coefficient (Wildman–Crippen LogP) is 2.49. The van der Waals surface area contributed by atoms with Crippen LogP contribution in [0, 0.1) is 10.1 Å². The Bertz CT molecular complexity index is 812. The number of nitro benzene ring substituents is 1. The van der Waals surface area contributed by atoms with Gasteiger partial charge in [0.05, 0.1) is 28.1 Å². The molecular formula is C14H13N5O2. The van der Waals surface area contributed by atoms with E-state index >= 15 is 0 Å². The van der Waals surface area contributed by atoms with Crippen molar-refractivity contribution < 1.29 is 4.92 Å². The van der Waals surface area contributed by atoms with Gasteiger partial charge in [0, 0.05) is 19.4 Å². The zero-order valence-corrected chi connectivity index (χ0v) is 11.4. The molecular weight excluding hydrogens is 270 g/mol. The molecule has 7 nitrogen and oxygen atoms in total. The highest BCUT2D eigenvalue weighted by molar-refractivity contribution is 5.94. The van der Waals surface area contributed by atoms with Gasteiger partial charge in [-0.15, -0.1) is 0 Å². The van der Waals surface area contributed by atoms with Gasteiger partial charge in [-0.1, -0.05) is 0 Å². The Hall–Kier alpha value is -2.96. The minimum absolute atomic E-state index is 0.0385. The minimum atomic E-state index is -0.384. The highest BCUT2D eigenvalue weighted by Gasteiger charge is 2.18. The lowest BCUT2D eigenvalue weighted by atomic mass is 10.1. The molecule has 0 spiro atoms. The molecule has 0 aliphatic carbocycles. The molecule has 0 amide bonds. The van der Waals surface area contributed by atoms with Gasteiger partial charge in [-0.3, -0.25) is 19.8 Å². The summed E-state index contributed by atoms with van der Waals surface area (Å²) in [6, 6.07) is 8.70. The average molecular weight is 283 g/mol. The molecule has 21 heavy (non-hydrogen) atoms. The molecule has 0 saturated carbocycles. The van der Waals surface area contributed by atoms with Crippen LogP contribution in [-0.2, 0) is 13.6 Å². The Labute approximate surface area is 120 Å². The first kappa shape index (κ1) is 13.0. The zero-order valence-electron chi connectivity index (χ0n) is 11.4. The quantitative estimate of drug-likeness (QED) is 0.587. The maximum Gasteiger partial charge on any atom is 0.301 e. The molecule has 3 rings (SSSR count). The summed E-state index contributed by atoms with van der Waals surface area (Å²) in [5, 5.41) is 19.2. The Morgan fingerprint density at radius 2 is 2.19 bits per heavy atom. The highest BCUT2D eigenvalue weighted by atomic mass is 16.6. The van der Waals surface area contributed by atoms with Crippen molar-refractivity contribution in [1.82, 2.24) is 14.8 Å². The average Bonchev–Trinajstić information content (AvgIpc) is 2.89. The first-order valence-electron chi connectivity index (χ1n) is 6.39. The zero-order chi connectivity index (χ0) is 14.8. The number of rotatable bonds is 4. The monoisotopic (exact) mass is 283 g/mol. The summed E-state index contributed by atoms with van der Waals surface area (Å²) < 4.78 is 1.69. The number of hydrogen-bond donors (Lipinski definition) is 1. The number of hydrogen-bond acceptors (Lipinski definition) is 5. The lowest BCUT2D eigenvalue weighted by Gasteiger charge is -2.07. The number of aromatic nitrogens is 3. The topological polar surface area (TPSA) is 85.9 Å². The van der Waals surface area contributed by atoms with Gasteiger partial charge in [-0.25, -0.2) is 0 Å². The van der Waals surface area contributed by atoms with Crippen molar-refractivity contribution in [2.45, 2.75) is 6.54 Å². The molecule has 1 aromatic carbocycles. The van der Waals surface area contributed by atoms with Gasteiger partial charge in [0.15, 0.2) is 0 Å². The van der Waals surface area contributed by atoms with E-state index in [1.54, 1.807) is 35.1 Å². The van der Waals surface area contributed by atoms with Crippen LogP contribution >= 0.6 is 0 Å². The van der Waals surface area contributed by atoms with Crippen LogP contribution in [0.15, 0.2) is 42.7 Å². The van der Waals surface area contributed by atoms with Crippen molar-refractivity contribution in [3.63, 3.8) is 0 Å². The maximum absolute atomic E-state index is 11.4. The fourth-order valence-corrected chi connectivity index (χ4v) is 2.22. The van der Waals surface area contributed by atoms with Crippen LogP contribution in [0.4, 0.5) is 11.4 Å². The second kappa shape index (κ2) is 5.20. The van der Waals surface area contributed by atoms with Crippen LogP contribution in [0.25, 0.3) is 10.9 Å². The van der Waals surface area contributed by atoms with Crippen molar-refractivity contribution in [2.75, 3.05) is 5.32 Å². The molecule has 0 radical (unpaired) electrons. The number of pyridine rings is 1. The number of nitrogens with zero attached hydrogens (tertiary/aromatic N) is 4. The van der Waals surface area contributed by atoms with E-state index in [1.165, 1.54) is 0 Å². The molecule has 0 aliphatic heterocycles. The third-order valence-corrected chi connectivity index (χ3v) is 3.17. The molecule has 106 valence electrons. The lowest BCUT2D eigenvalue weighted by molar-refractivity contribution is -0.382. The second-order valence-electron chi connectivity index (χ2n) is 4.62. The molecule has 0 saturated heterocycles. The number of aryl methyl sites for hydroxylation is 1. The van der Waals surface area contributed by atoms with Gasteiger partial charge in [-0.2, -0.15) is 5.10 Å². The first-order chi connectivity index (χ1) is 10.1. The summed E-state index contributed by atoms with van der Waals surface area (Å²) in [5.74, 6) is 0. The van der Waals surface area contributed by atoms with Crippen LogP contribution in [0.2, 0.25) is 0 Å². The molecule has 2 heterocycles. The van der Waals surface area contributed by atoms with E-state index in [4.69, 9.17) is 0 Å². The van der Waals surface area contributed by atoms with Gasteiger partial charge < -0.3 is 5.32 Å². The van der Waals surface area contributed by atoms with Crippen molar-refractivity contribution in [3.05, 3.63) is 58.5 Å². The smallest absolute Gasteiger partial charge is 0.301 e. The van der Waals surface area contributed by atoms with Crippen molar-refractivity contribution in [2.24, 2.45) is 7.05 Å². The number of anilines is 1. The van der Waals surface area contributed by atoms with Gasteiger partial charge in [0.2, 0.25) is 0 Å². The Morgan fingerprint density at radius 3 is 2.90 bits per heavy atom. The summed E-state index contributed by atoms with van der Waals surface area (Å²) in [6.45, 7) is 0.424. The maximum atomic E-state index is 11.4. The summed E-state index contributed by atoms with van der Waals surface area (Å²) in [6.07, 6.45) is 3.45. The summed E-state index contributed by atoms with van der Waals surface area (Å²) in [7, 11) is 1.83. The minimum Gasteiger partial charge on any atom is -0.374 e. The molecule has 0 bridgehead atoms. The molecule has 0 fully saturated rings. The predicted molar refractivity (Wildman–Crippen MR) is 78.9 cm³/mol. The van der Waals surface area contributed by atoms with Crippen LogP contribution < -0.4 is 5.32 Å². The van der Waals surface area contributed by atoms with Crippen LogP contribution in [0.3, 0.4) is 0 Å². The third-order valence-electron chi connectivity index (χ3n) is 3.17. The van der Waals surface area contributed by atoms with E-state index in [0.29, 0.717) is 23.1 Å².